The molecule has 2 heterocycles. The molecule has 0 radical (unpaired) electrons. The molecule has 0 bridgehead atoms. The summed E-state index contributed by atoms with van der Waals surface area (Å²) in [5.41, 5.74) is 0. The Hall–Kier alpha value is -0.870. The maximum absolute atomic E-state index is 11.6. The highest BCUT2D eigenvalue weighted by atomic mass is 16.2. The summed E-state index contributed by atoms with van der Waals surface area (Å²) in [4.78, 5) is 16.1. The Kier molecular flexibility index (Phi) is 4.57. The minimum Gasteiger partial charge on any atom is -0.339 e. The van der Waals surface area contributed by atoms with Crippen LogP contribution in [-0.4, -0.2) is 61.5 Å². The zero-order valence-electron chi connectivity index (χ0n) is 10.5. The minimum absolute atomic E-state index is 0.0926. The molecule has 1 amide bonds. The molecule has 96 valence electrons. The fourth-order valence-corrected chi connectivity index (χ4v) is 2.80. The van der Waals surface area contributed by atoms with Crippen molar-refractivity contribution in [2.45, 2.75) is 12.8 Å². The van der Waals surface area contributed by atoms with Gasteiger partial charge in [-0.1, -0.05) is 6.58 Å². The summed E-state index contributed by atoms with van der Waals surface area (Å²) in [5, 5.41) is 3.37. The first-order valence-electron chi connectivity index (χ1n) is 6.64. The van der Waals surface area contributed by atoms with Gasteiger partial charge in [-0.05, 0) is 24.8 Å². The van der Waals surface area contributed by atoms with Crippen LogP contribution in [0.4, 0.5) is 0 Å². The summed E-state index contributed by atoms with van der Waals surface area (Å²) >= 11 is 0. The Labute approximate surface area is 104 Å². The van der Waals surface area contributed by atoms with Crippen molar-refractivity contribution in [3.8, 4) is 0 Å². The molecule has 0 aromatic rings. The van der Waals surface area contributed by atoms with Crippen LogP contribution in [0.15, 0.2) is 12.7 Å². The van der Waals surface area contributed by atoms with E-state index in [2.05, 4.69) is 16.8 Å². The Balaban J connectivity index is 1.80. The molecule has 4 heteroatoms. The Morgan fingerprint density at radius 2 is 2.12 bits per heavy atom. The predicted octanol–water partition coefficient (Wildman–Crippen LogP) is 0.316. The monoisotopic (exact) mass is 237 g/mol. The fraction of sp³-hybridized carbons (Fsp3) is 0.769. The molecule has 2 fully saturated rings. The smallest absolute Gasteiger partial charge is 0.245 e. The number of hydrogen-bond donors (Lipinski definition) is 1. The quantitative estimate of drug-likeness (QED) is 0.718. The van der Waals surface area contributed by atoms with E-state index in [1.165, 1.54) is 12.5 Å². The second-order valence-electron chi connectivity index (χ2n) is 5.05. The highest BCUT2D eigenvalue weighted by molar-refractivity contribution is 5.87. The van der Waals surface area contributed by atoms with E-state index in [0.717, 1.165) is 52.2 Å². The largest absolute Gasteiger partial charge is 0.339 e. The number of nitrogens with zero attached hydrogens (tertiary/aromatic N) is 2. The number of nitrogens with one attached hydrogen (secondary N) is 1. The molecule has 4 nitrogen and oxygen atoms in total. The van der Waals surface area contributed by atoms with E-state index >= 15 is 0 Å². The second-order valence-corrected chi connectivity index (χ2v) is 5.05. The average molecular weight is 237 g/mol. The van der Waals surface area contributed by atoms with Gasteiger partial charge in [0, 0.05) is 45.8 Å². The van der Waals surface area contributed by atoms with Gasteiger partial charge in [-0.25, -0.2) is 0 Å². The molecule has 0 spiro atoms. The van der Waals surface area contributed by atoms with Gasteiger partial charge in [0.15, 0.2) is 0 Å². The molecule has 2 saturated heterocycles. The molecule has 0 aliphatic carbocycles. The van der Waals surface area contributed by atoms with Gasteiger partial charge >= 0.3 is 0 Å². The van der Waals surface area contributed by atoms with E-state index in [1.54, 1.807) is 0 Å². The van der Waals surface area contributed by atoms with E-state index in [0.29, 0.717) is 5.92 Å². The van der Waals surface area contributed by atoms with Gasteiger partial charge < -0.3 is 15.1 Å². The SMILES string of the molecule is C=CC(=O)N1CCCC(CN2CCNCC2)C1. The first kappa shape index (κ1) is 12.6. The molecule has 1 N–H and O–H groups in total. The molecular weight excluding hydrogens is 214 g/mol. The summed E-state index contributed by atoms with van der Waals surface area (Å²) in [7, 11) is 0. The number of carbonyl (C=O) groups excluding carboxylic acids is 1. The third kappa shape index (κ3) is 3.54. The van der Waals surface area contributed by atoms with Gasteiger partial charge in [-0.3, -0.25) is 4.79 Å². The van der Waals surface area contributed by atoms with Gasteiger partial charge in [0.1, 0.15) is 0 Å². The molecule has 0 aromatic heterocycles. The Morgan fingerprint density at radius 3 is 2.82 bits per heavy atom. The average Bonchev–Trinajstić information content (AvgIpc) is 2.39. The molecule has 0 aromatic carbocycles. The number of carbonyl (C=O) groups is 1. The molecule has 2 aliphatic heterocycles. The van der Waals surface area contributed by atoms with Crippen molar-refractivity contribution in [3.63, 3.8) is 0 Å². The minimum atomic E-state index is 0.0926. The van der Waals surface area contributed by atoms with Crippen LogP contribution >= 0.6 is 0 Å². The van der Waals surface area contributed by atoms with Crippen molar-refractivity contribution in [1.29, 1.82) is 0 Å². The standard InChI is InChI=1S/C13H23N3O/c1-2-13(17)16-7-3-4-12(11-16)10-15-8-5-14-6-9-15/h2,12,14H,1,3-11H2. The van der Waals surface area contributed by atoms with Crippen LogP contribution in [0.5, 0.6) is 0 Å². The number of piperidine rings is 1. The normalized spacial score (nSPS) is 26.8. The number of likely N-dealkylation sites (tertiary alicyclic amines) is 1. The van der Waals surface area contributed by atoms with E-state index < -0.39 is 0 Å². The first-order chi connectivity index (χ1) is 8.29. The molecule has 0 saturated carbocycles. The lowest BCUT2D eigenvalue weighted by Gasteiger charge is -2.36. The van der Waals surface area contributed by atoms with Crippen molar-refractivity contribution < 1.29 is 4.79 Å². The maximum Gasteiger partial charge on any atom is 0.245 e. The van der Waals surface area contributed by atoms with Gasteiger partial charge in [0.25, 0.3) is 0 Å². The highest BCUT2D eigenvalue weighted by Gasteiger charge is 2.24. The molecule has 2 aliphatic rings. The number of amides is 1. The number of hydrogen-bond acceptors (Lipinski definition) is 3. The topological polar surface area (TPSA) is 35.6 Å². The van der Waals surface area contributed by atoms with Crippen molar-refractivity contribution in [2.24, 2.45) is 5.92 Å². The predicted molar refractivity (Wildman–Crippen MR) is 68.8 cm³/mol. The third-order valence-electron chi connectivity index (χ3n) is 3.73. The fourth-order valence-electron chi connectivity index (χ4n) is 2.80. The summed E-state index contributed by atoms with van der Waals surface area (Å²) in [5.74, 6) is 0.737. The molecule has 1 atom stereocenters. The van der Waals surface area contributed by atoms with Gasteiger partial charge in [0.05, 0.1) is 0 Å². The Morgan fingerprint density at radius 1 is 1.35 bits per heavy atom. The van der Waals surface area contributed by atoms with E-state index in [4.69, 9.17) is 0 Å². The van der Waals surface area contributed by atoms with Gasteiger partial charge in [0.2, 0.25) is 5.91 Å². The van der Waals surface area contributed by atoms with Crippen molar-refractivity contribution in [1.82, 2.24) is 15.1 Å². The first-order valence-corrected chi connectivity index (χ1v) is 6.64. The van der Waals surface area contributed by atoms with E-state index in [1.807, 2.05) is 4.90 Å². The zero-order valence-corrected chi connectivity index (χ0v) is 10.5. The molecule has 2 rings (SSSR count). The van der Waals surface area contributed by atoms with Crippen molar-refractivity contribution in [2.75, 3.05) is 45.8 Å². The summed E-state index contributed by atoms with van der Waals surface area (Å²) in [6, 6.07) is 0. The van der Waals surface area contributed by atoms with E-state index in [-0.39, 0.29) is 5.91 Å². The lowest BCUT2D eigenvalue weighted by atomic mass is 9.97. The maximum atomic E-state index is 11.6. The molecule has 17 heavy (non-hydrogen) atoms. The van der Waals surface area contributed by atoms with E-state index in [9.17, 15) is 4.79 Å². The van der Waals surface area contributed by atoms with Crippen LogP contribution in [0.1, 0.15) is 12.8 Å². The van der Waals surface area contributed by atoms with Crippen molar-refractivity contribution in [3.05, 3.63) is 12.7 Å². The summed E-state index contributed by atoms with van der Waals surface area (Å²) in [6.07, 6.45) is 3.83. The van der Waals surface area contributed by atoms with Gasteiger partial charge in [-0.15, -0.1) is 0 Å². The van der Waals surface area contributed by atoms with Crippen LogP contribution in [0.25, 0.3) is 0 Å². The zero-order chi connectivity index (χ0) is 12.1. The van der Waals surface area contributed by atoms with Crippen LogP contribution in [0, 0.1) is 5.92 Å². The number of rotatable bonds is 3. The van der Waals surface area contributed by atoms with Crippen LogP contribution < -0.4 is 5.32 Å². The summed E-state index contributed by atoms with van der Waals surface area (Å²) < 4.78 is 0. The lowest BCUT2D eigenvalue weighted by Crippen LogP contribution is -2.48. The van der Waals surface area contributed by atoms with Crippen LogP contribution in [0.3, 0.4) is 0 Å². The van der Waals surface area contributed by atoms with Gasteiger partial charge in [-0.2, -0.15) is 0 Å². The molecular formula is C13H23N3O. The highest BCUT2D eigenvalue weighted by Crippen LogP contribution is 2.18. The van der Waals surface area contributed by atoms with Crippen molar-refractivity contribution >= 4 is 5.91 Å². The van der Waals surface area contributed by atoms with Crippen LogP contribution in [0.2, 0.25) is 0 Å². The lowest BCUT2D eigenvalue weighted by molar-refractivity contribution is -0.127. The molecule has 1 unspecified atom stereocenters. The third-order valence-corrected chi connectivity index (χ3v) is 3.73. The Bertz CT molecular complexity index is 274. The van der Waals surface area contributed by atoms with Crippen LogP contribution in [-0.2, 0) is 4.79 Å². The second kappa shape index (κ2) is 6.17. The number of piperazine rings is 1. The summed E-state index contributed by atoms with van der Waals surface area (Å²) in [6.45, 7) is 11.0.